The summed E-state index contributed by atoms with van der Waals surface area (Å²) < 4.78 is 0. The average molecular weight is 379 g/mol. The van der Waals surface area contributed by atoms with Crippen LogP contribution in [0, 0.1) is 6.07 Å². The van der Waals surface area contributed by atoms with Crippen LogP contribution in [-0.4, -0.2) is 0 Å². The average Bonchev–Trinajstić information content (AvgIpc) is 2.75. The Kier molecular flexibility index (Phi) is 7.73. The molecule has 1 radical (unpaired) electrons. The van der Waals surface area contributed by atoms with Crippen LogP contribution in [0.3, 0.4) is 0 Å². The van der Waals surface area contributed by atoms with Gasteiger partial charge in [0.05, 0.1) is 0 Å². The molecule has 3 heteroatoms. The van der Waals surface area contributed by atoms with Crippen molar-refractivity contribution in [2.75, 3.05) is 0 Å². The Morgan fingerprint density at radius 3 is 2.25 bits per heavy atom. The normalized spacial score (nSPS) is 10.0. The van der Waals surface area contributed by atoms with Crippen molar-refractivity contribution in [1.82, 2.24) is 0 Å². The van der Waals surface area contributed by atoms with Crippen LogP contribution in [0.4, 0.5) is 0 Å². The quantitative estimate of drug-likeness (QED) is 0.468. The summed E-state index contributed by atoms with van der Waals surface area (Å²) in [7, 11) is 0. The molecule has 0 saturated heterocycles. The van der Waals surface area contributed by atoms with Gasteiger partial charge in [0.25, 0.3) is 0 Å². The van der Waals surface area contributed by atoms with E-state index >= 15 is 0 Å². The molecule has 1 aliphatic carbocycles. The van der Waals surface area contributed by atoms with Crippen molar-refractivity contribution in [3.05, 3.63) is 71.8 Å². The number of halogens is 2. The van der Waals surface area contributed by atoms with E-state index < -0.39 is 0 Å². The van der Waals surface area contributed by atoms with Crippen molar-refractivity contribution in [1.29, 1.82) is 0 Å². The van der Waals surface area contributed by atoms with Gasteiger partial charge in [-0.25, -0.2) is 0 Å². The van der Waals surface area contributed by atoms with E-state index in [1.165, 1.54) is 27.8 Å². The summed E-state index contributed by atoms with van der Waals surface area (Å²) in [5.41, 5.74) is 7.56. The Balaban J connectivity index is 0.00000120. The predicted octanol–water partition coefficient (Wildman–Crippen LogP) is -1.65. The van der Waals surface area contributed by atoms with E-state index in [1.54, 1.807) is 0 Å². The zero-order valence-corrected chi connectivity index (χ0v) is 14.9. The molecule has 0 N–H and O–H groups in total. The van der Waals surface area contributed by atoms with Crippen LogP contribution < -0.4 is 24.8 Å². The van der Waals surface area contributed by atoms with Crippen molar-refractivity contribution >= 4 is 12.2 Å². The van der Waals surface area contributed by atoms with Crippen molar-refractivity contribution in [3.63, 3.8) is 0 Å². The van der Waals surface area contributed by atoms with Gasteiger partial charge < -0.3 is 24.8 Å². The zero-order chi connectivity index (χ0) is 11.8. The first-order chi connectivity index (χ1) is 8.31. The van der Waals surface area contributed by atoms with Crippen LogP contribution in [0.25, 0.3) is 23.3 Å². The van der Waals surface area contributed by atoms with Gasteiger partial charge in [0.15, 0.2) is 0 Å². The van der Waals surface area contributed by atoms with E-state index in [0.717, 1.165) is 12.0 Å². The van der Waals surface area contributed by atoms with Gasteiger partial charge in [-0.2, -0.15) is 23.8 Å². The van der Waals surface area contributed by atoms with E-state index in [2.05, 4.69) is 43.5 Å². The summed E-state index contributed by atoms with van der Waals surface area (Å²) in [5, 5.41) is 0. The Bertz CT molecular complexity index is 577. The maximum Gasteiger partial charge on any atom is 3.00 e. The summed E-state index contributed by atoms with van der Waals surface area (Å²) in [6.07, 6.45) is 4.74. The molecule has 0 nitrogen and oxygen atoms in total. The predicted molar refractivity (Wildman–Crippen MR) is 73.7 cm³/mol. The maximum absolute atomic E-state index is 3.82. The monoisotopic (exact) mass is 377 g/mol. The van der Waals surface area contributed by atoms with E-state index in [0.29, 0.717) is 0 Å². The largest absolute Gasteiger partial charge is 3.00 e. The van der Waals surface area contributed by atoms with Crippen LogP contribution in [0.15, 0.2) is 43.5 Å². The number of hydrogen-bond acceptors (Lipinski definition) is 0. The van der Waals surface area contributed by atoms with Gasteiger partial charge in [-0.3, -0.25) is 0 Å². The van der Waals surface area contributed by atoms with Gasteiger partial charge in [0.2, 0.25) is 0 Å². The maximum atomic E-state index is 3.82. The number of benzene rings is 2. The topological polar surface area (TPSA) is 0 Å². The number of rotatable bonds is 2. The molecule has 1 aliphatic rings. The second-order valence-electron chi connectivity index (χ2n) is 4.33. The molecule has 0 bridgehead atoms. The van der Waals surface area contributed by atoms with E-state index in [1.807, 2.05) is 18.2 Å². The van der Waals surface area contributed by atoms with Crippen LogP contribution in [0.5, 0.6) is 0 Å². The summed E-state index contributed by atoms with van der Waals surface area (Å²) in [5.74, 6) is 0. The fraction of sp³-hybridized carbons (Fsp3) is 0.0588. The Morgan fingerprint density at radius 2 is 1.60 bits per heavy atom. The van der Waals surface area contributed by atoms with Crippen LogP contribution in [-0.2, 0) is 32.6 Å². The molecule has 20 heavy (non-hydrogen) atoms. The third-order valence-electron chi connectivity index (χ3n) is 3.31. The van der Waals surface area contributed by atoms with Gasteiger partial charge >= 0.3 is 26.2 Å². The molecule has 0 unspecified atom stereocenters. The van der Waals surface area contributed by atoms with Crippen molar-refractivity contribution in [2.24, 2.45) is 0 Å². The fourth-order valence-electron chi connectivity index (χ4n) is 2.36. The second kappa shape index (κ2) is 7.98. The van der Waals surface area contributed by atoms with Crippen LogP contribution in [0.2, 0.25) is 0 Å². The van der Waals surface area contributed by atoms with Gasteiger partial charge in [-0.1, -0.05) is 42.0 Å². The SMILES string of the molecule is C=Cc1c[c-]c2c(c1)-c1cc(C=C)ccc1C2.[Cl-].[Cl-].[Zr+3]. The molecule has 0 amide bonds. The van der Waals surface area contributed by atoms with Gasteiger partial charge in [0.1, 0.15) is 0 Å². The zero-order valence-electron chi connectivity index (χ0n) is 10.9. The molecule has 3 rings (SSSR count). The molecule has 2 aromatic carbocycles. The van der Waals surface area contributed by atoms with Gasteiger partial charge in [-0.05, 0) is 12.0 Å². The summed E-state index contributed by atoms with van der Waals surface area (Å²) in [4.78, 5) is 0. The molecule has 0 aromatic heterocycles. The third-order valence-corrected chi connectivity index (χ3v) is 3.31. The minimum Gasteiger partial charge on any atom is -1.00 e. The van der Waals surface area contributed by atoms with E-state index in [4.69, 9.17) is 0 Å². The Hall–Kier alpha value is -0.617. The summed E-state index contributed by atoms with van der Waals surface area (Å²) in [6.45, 7) is 7.63. The standard InChI is InChI=1S/C17H13.2ClH.Zr/c1-3-12-5-7-14-11-15-8-6-13(4-2)10-17(15)16(14)9-12;;;/h3-7,9-10H,1-2,11H2;2*1H;/q-1;;;+3/p-2. The first kappa shape index (κ1) is 19.4. The molecule has 0 saturated carbocycles. The van der Waals surface area contributed by atoms with Crippen LogP contribution >= 0.6 is 0 Å². The molecular weight excluding hydrogens is 366 g/mol. The molecular formula is C17H13Cl2Zr. The minimum absolute atomic E-state index is 0. The molecule has 0 spiro atoms. The first-order valence-corrected chi connectivity index (χ1v) is 5.74. The molecule has 2 aromatic rings. The minimum atomic E-state index is 0. The summed E-state index contributed by atoms with van der Waals surface area (Å²) >= 11 is 0. The number of fused-ring (bicyclic) bond motifs is 3. The first-order valence-electron chi connectivity index (χ1n) is 5.74. The molecule has 0 fully saturated rings. The van der Waals surface area contributed by atoms with Gasteiger partial charge in [0, 0.05) is 0 Å². The molecule has 0 heterocycles. The van der Waals surface area contributed by atoms with E-state index in [9.17, 15) is 0 Å². The second-order valence-corrected chi connectivity index (χ2v) is 4.33. The van der Waals surface area contributed by atoms with Crippen molar-refractivity contribution in [2.45, 2.75) is 6.42 Å². The third kappa shape index (κ3) is 3.34. The smallest absolute Gasteiger partial charge is 1.00 e. The Morgan fingerprint density at radius 1 is 0.950 bits per heavy atom. The number of hydrogen-bond donors (Lipinski definition) is 0. The molecule has 0 aliphatic heterocycles. The van der Waals surface area contributed by atoms with E-state index in [-0.39, 0.29) is 51.0 Å². The summed E-state index contributed by atoms with van der Waals surface area (Å²) in [6, 6.07) is 14.1. The van der Waals surface area contributed by atoms with Crippen molar-refractivity contribution in [3.8, 4) is 11.1 Å². The Labute approximate surface area is 151 Å². The molecule has 99 valence electrons. The molecule has 0 atom stereocenters. The van der Waals surface area contributed by atoms with Gasteiger partial charge in [-0.15, -0.1) is 23.8 Å². The fourth-order valence-corrected chi connectivity index (χ4v) is 2.36. The van der Waals surface area contributed by atoms with Crippen LogP contribution in [0.1, 0.15) is 22.3 Å². The van der Waals surface area contributed by atoms with Crippen molar-refractivity contribution < 1.29 is 51.0 Å².